The van der Waals surface area contributed by atoms with E-state index < -0.39 is 11.6 Å². The maximum Gasteiger partial charge on any atom is 0.290 e. The predicted octanol–water partition coefficient (Wildman–Crippen LogP) is 3.41. The molecule has 5 nitrogen and oxygen atoms in total. The lowest BCUT2D eigenvalue weighted by atomic mass is 10.0. The highest BCUT2D eigenvalue weighted by atomic mass is 35.5. The van der Waals surface area contributed by atoms with Crippen LogP contribution in [0, 0.1) is 24.5 Å². The minimum Gasteiger partial charge on any atom is -0.364 e. The van der Waals surface area contributed by atoms with Crippen molar-refractivity contribution in [1.29, 1.82) is 0 Å². The van der Waals surface area contributed by atoms with Gasteiger partial charge in [-0.05, 0) is 31.0 Å². The number of hydrogen-bond acceptors (Lipinski definition) is 4. The average Bonchev–Trinajstić information content (AvgIpc) is 2.61. The van der Waals surface area contributed by atoms with Crippen LogP contribution in [0.15, 0.2) is 23.0 Å². The minimum atomic E-state index is -0.922. The van der Waals surface area contributed by atoms with Crippen LogP contribution in [0.3, 0.4) is 0 Å². The van der Waals surface area contributed by atoms with E-state index in [-0.39, 0.29) is 36.3 Å². The van der Waals surface area contributed by atoms with Gasteiger partial charge in [0.25, 0.3) is 5.56 Å². The molecule has 1 aromatic heterocycles. The van der Waals surface area contributed by atoms with Crippen molar-refractivity contribution in [2.24, 2.45) is 5.92 Å². The Morgan fingerprint density at radius 2 is 1.79 bits per heavy atom. The molecule has 1 aliphatic heterocycles. The van der Waals surface area contributed by atoms with E-state index in [0.29, 0.717) is 29.1 Å². The Balaban J connectivity index is 0.00000196. The van der Waals surface area contributed by atoms with Crippen molar-refractivity contribution in [2.45, 2.75) is 27.3 Å². The largest absolute Gasteiger partial charge is 0.364 e. The molecule has 1 aromatic carbocycles. The Kier molecular flexibility index (Phi) is 8.85. The maximum atomic E-state index is 13.8. The zero-order valence-electron chi connectivity index (χ0n) is 16.2. The van der Waals surface area contributed by atoms with Gasteiger partial charge in [0.15, 0.2) is 11.6 Å². The van der Waals surface area contributed by atoms with Crippen molar-refractivity contribution in [2.75, 3.05) is 31.1 Å². The molecular weight excluding hydrogens is 409 g/mol. The molecule has 0 atom stereocenters. The quantitative estimate of drug-likeness (QED) is 0.800. The van der Waals surface area contributed by atoms with Crippen molar-refractivity contribution in [3.63, 3.8) is 0 Å². The second-order valence-corrected chi connectivity index (χ2v) is 7.07. The first-order valence-electron chi connectivity index (χ1n) is 8.91. The molecule has 2 aromatic rings. The Hall–Kier alpha value is -1.70. The predicted molar refractivity (Wildman–Crippen MR) is 113 cm³/mol. The fourth-order valence-corrected chi connectivity index (χ4v) is 3.28. The van der Waals surface area contributed by atoms with E-state index >= 15 is 0 Å². The van der Waals surface area contributed by atoms with Crippen molar-refractivity contribution >= 4 is 30.5 Å². The maximum absolute atomic E-state index is 13.8. The number of benzene rings is 1. The number of hydrogen-bond donors (Lipinski definition) is 1. The van der Waals surface area contributed by atoms with Crippen molar-refractivity contribution in [3.8, 4) is 11.3 Å². The Morgan fingerprint density at radius 1 is 1.14 bits per heavy atom. The molecule has 1 fully saturated rings. The smallest absolute Gasteiger partial charge is 0.290 e. The molecule has 156 valence electrons. The number of nitrogens with zero attached hydrogens (tertiary/aromatic N) is 3. The van der Waals surface area contributed by atoms with Crippen LogP contribution in [0.25, 0.3) is 11.3 Å². The van der Waals surface area contributed by atoms with Crippen LogP contribution in [0.2, 0.25) is 0 Å². The lowest BCUT2D eigenvalue weighted by Crippen LogP contribution is -2.47. The number of rotatable bonds is 4. The molecule has 0 saturated carbocycles. The molecule has 0 unspecified atom stereocenters. The fourth-order valence-electron chi connectivity index (χ4n) is 3.28. The first-order chi connectivity index (χ1) is 12.4. The molecule has 1 aliphatic rings. The van der Waals surface area contributed by atoms with E-state index in [9.17, 15) is 13.6 Å². The van der Waals surface area contributed by atoms with Gasteiger partial charge in [-0.1, -0.05) is 13.8 Å². The lowest BCUT2D eigenvalue weighted by Gasteiger charge is -2.31. The molecule has 1 N–H and O–H groups in total. The van der Waals surface area contributed by atoms with Crippen LogP contribution in [0.4, 0.5) is 14.5 Å². The van der Waals surface area contributed by atoms with Gasteiger partial charge in [-0.3, -0.25) is 4.79 Å². The number of piperazine rings is 1. The van der Waals surface area contributed by atoms with Crippen molar-refractivity contribution < 1.29 is 8.78 Å². The van der Waals surface area contributed by atoms with Crippen LogP contribution >= 0.6 is 24.8 Å². The van der Waals surface area contributed by atoms with Crippen molar-refractivity contribution in [1.82, 2.24) is 15.1 Å². The summed E-state index contributed by atoms with van der Waals surface area (Å²) in [4.78, 5) is 15.1. The number of nitrogens with one attached hydrogen (secondary N) is 1. The highest BCUT2D eigenvalue weighted by molar-refractivity contribution is 5.85. The molecule has 0 amide bonds. The average molecular weight is 435 g/mol. The van der Waals surface area contributed by atoms with E-state index in [2.05, 4.69) is 15.3 Å². The summed E-state index contributed by atoms with van der Waals surface area (Å²) >= 11 is 0. The minimum absolute atomic E-state index is 0. The molecular formula is C19H26Cl2F2N4O. The zero-order valence-corrected chi connectivity index (χ0v) is 17.8. The second-order valence-electron chi connectivity index (χ2n) is 7.07. The normalized spacial score (nSPS) is 13.9. The summed E-state index contributed by atoms with van der Waals surface area (Å²) in [7, 11) is 0. The molecule has 3 rings (SSSR count). The summed E-state index contributed by atoms with van der Waals surface area (Å²) in [5.74, 6) is -1.59. The number of halogens is 4. The van der Waals surface area contributed by atoms with Crippen molar-refractivity contribution in [3.05, 3.63) is 45.8 Å². The van der Waals surface area contributed by atoms with E-state index in [4.69, 9.17) is 0 Å². The first kappa shape index (κ1) is 24.3. The van der Waals surface area contributed by atoms with Gasteiger partial charge < -0.3 is 10.2 Å². The molecule has 1 saturated heterocycles. The Labute approximate surface area is 175 Å². The third-order valence-electron chi connectivity index (χ3n) is 4.53. The molecule has 0 radical (unpaired) electrons. The standard InChI is InChI=1S/C19H24F2N4O.2ClH/c1-12(2)11-25-19(26)18(24-8-6-22-7-9-24)13(3)17(23-25)14-4-5-15(20)16(21)10-14;;/h4-5,10,12,22H,6-9,11H2,1-3H3;2*1H. The van der Waals surface area contributed by atoms with Crippen LogP contribution in [-0.2, 0) is 6.54 Å². The molecule has 0 bridgehead atoms. The fraction of sp³-hybridized carbons (Fsp3) is 0.474. The van der Waals surface area contributed by atoms with Crippen LogP contribution in [-0.4, -0.2) is 36.0 Å². The SMILES string of the molecule is Cc1c(-c2ccc(F)c(F)c2)nn(CC(C)C)c(=O)c1N1CCNCC1.Cl.Cl. The van der Waals surface area contributed by atoms with E-state index in [1.54, 1.807) is 0 Å². The molecule has 9 heteroatoms. The monoisotopic (exact) mass is 434 g/mol. The molecule has 0 aliphatic carbocycles. The summed E-state index contributed by atoms with van der Waals surface area (Å²) in [6, 6.07) is 3.73. The van der Waals surface area contributed by atoms with Crippen LogP contribution in [0.5, 0.6) is 0 Å². The van der Waals surface area contributed by atoms with E-state index in [0.717, 1.165) is 38.3 Å². The van der Waals surface area contributed by atoms with Gasteiger partial charge in [-0.15, -0.1) is 24.8 Å². The molecule has 0 spiro atoms. The summed E-state index contributed by atoms with van der Waals surface area (Å²) in [6.45, 7) is 9.35. The first-order valence-corrected chi connectivity index (χ1v) is 8.91. The van der Waals surface area contributed by atoms with Gasteiger partial charge in [0.05, 0.1) is 5.69 Å². The summed E-state index contributed by atoms with van der Waals surface area (Å²) < 4.78 is 28.5. The van der Waals surface area contributed by atoms with Gasteiger partial charge >= 0.3 is 0 Å². The lowest BCUT2D eigenvalue weighted by molar-refractivity contribution is 0.462. The highest BCUT2D eigenvalue weighted by Crippen LogP contribution is 2.27. The van der Waals surface area contributed by atoms with Gasteiger partial charge in [0.1, 0.15) is 5.69 Å². The topological polar surface area (TPSA) is 50.2 Å². The van der Waals surface area contributed by atoms with Gasteiger partial charge in [0, 0.05) is 43.9 Å². The third kappa shape index (κ3) is 5.01. The summed E-state index contributed by atoms with van der Waals surface area (Å²) in [6.07, 6.45) is 0. The molecule has 28 heavy (non-hydrogen) atoms. The highest BCUT2D eigenvalue weighted by Gasteiger charge is 2.22. The second kappa shape index (κ2) is 10.2. The third-order valence-corrected chi connectivity index (χ3v) is 4.53. The number of anilines is 1. The van der Waals surface area contributed by atoms with E-state index in [1.807, 2.05) is 20.8 Å². The zero-order chi connectivity index (χ0) is 18.8. The van der Waals surface area contributed by atoms with Crippen LogP contribution < -0.4 is 15.8 Å². The summed E-state index contributed by atoms with van der Waals surface area (Å²) in [5, 5.41) is 7.75. The number of aromatic nitrogens is 2. The van der Waals surface area contributed by atoms with Gasteiger partial charge in [-0.2, -0.15) is 5.10 Å². The van der Waals surface area contributed by atoms with E-state index in [1.165, 1.54) is 10.7 Å². The Morgan fingerprint density at radius 3 is 2.36 bits per heavy atom. The van der Waals surface area contributed by atoms with Gasteiger partial charge in [-0.25, -0.2) is 13.5 Å². The van der Waals surface area contributed by atoms with Crippen LogP contribution in [0.1, 0.15) is 19.4 Å². The Bertz CT molecular complexity index is 868. The summed E-state index contributed by atoms with van der Waals surface area (Å²) in [5.41, 5.74) is 2.14. The van der Waals surface area contributed by atoms with Gasteiger partial charge in [0.2, 0.25) is 0 Å². The molecule has 2 heterocycles.